The predicted molar refractivity (Wildman–Crippen MR) is 88.0 cm³/mol. The number of rotatable bonds is 5. The minimum atomic E-state index is 0.292. The molecule has 1 aliphatic heterocycles. The Morgan fingerprint density at radius 3 is 2.81 bits per heavy atom. The maximum atomic E-state index is 5.66. The van der Waals surface area contributed by atoms with Crippen molar-refractivity contribution in [3.05, 3.63) is 23.5 Å². The zero-order valence-corrected chi connectivity index (χ0v) is 14.1. The lowest BCUT2D eigenvalue weighted by Gasteiger charge is -2.34. The van der Waals surface area contributed by atoms with Gasteiger partial charge in [0, 0.05) is 25.3 Å². The van der Waals surface area contributed by atoms with Crippen molar-refractivity contribution in [3.8, 4) is 0 Å². The summed E-state index contributed by atoms with van der Waals surface area (Å²) in [6.07, 6.45) is 1.42. The molecule has 2 rings (SSSR count). The normalized spacial score (nSPS) is 20.9. The average molecular weight is 291 g/mol. The molecule has 0 radical (unpaired) electrons. The van der Waals surface area contributed by atoms with Crippen LogP contribution < -0.4 is 4.90 Å². The van der Waals surface area contributed by atoms with Gasteiger partial charge >= 0.3 is 0 Å². The van der Waals surface area contributed by atoms with Gasteiger partial charge in [0.1, 0.15) is 0 Å². The molecule has 4 heteroatoms. The molecule has 2 atom stereocenters. The maximum absolute atomic E-state index is 5.66. The largest absolute Gasteiger partial charge is 0.375 e. The van der Waals surface area contributed by atoms with Crippen LogP contribution in [0.1, 0.15) is 44.5 Å². The fourth-order valence-electron chi connectivity index (χ4n) is 2.74. The van der Waals surface area contributed by atoms with Gasteiger partial charge in [-0.3, -0.25) is 4.98 Å². The van der Waals surface area contributed by atoms with Gasteiger partial charge in [0.2, 0.25) is 0 Å². The Balaban J connectivity index is 2.30. The third-order valence-electron chi connectivity index (χ3n) is 4.14. The number of anilines is 1. The van der Waals surface area contributed by atoms with Crippen molar-refractivity contribution in [2.24, 2.45) is 0 Å². The van der Waals surface area contributed by atoms with Crippen LogP contribution in [0.3, 0.4) is 0 Å². The van der Waals surface area contributed by atoms with Crippen LogP contribution in [-0.2, 0) is 11.3 Å². The summed E-state index contributed by atoms with van der Waals surface area (Å²) in [5.41, 5.74) is 3.66. The predicted octanol–water partition coefficient (Wildman–Crippen LogP) is 2.88. The van der Waals surface area contributed by atoms with Gasteiger partial charge in [-0.15, -0.1) is 0 Å². The molecule has 0 amide bonds. The monoisotopic (exact) mass is 291 g/mol. The molecule has 1 aromatic heterocycles. The Labute approximate surface area is 129 Å². The molecule has 1 saturated heterocycles. The molecule has 0 spiro atoms. The Hall–Kier alpha value is -1.13. The second-order valence-electron chi connectivity index (χ2n) is 6.38. The summed E-state index contributed by atoms with van der Waals surface area (Å²) in [7, 11) is 4.20. The first-order valence-corrected chi connectivity index (χ1v) is 8.02. The van der Waals surface area contributed by atoms with Crippen molar-refractivity contribution >= 4 is 5.69 Å². The van der Waals surface area contributed by atoms with E-state index in [0.29, 0.717) is 12.0 Å². The second kappa shape index (κ2) is 7.23. The highest BCUT2D eigenvalue weighted by Crippen LogP contribution is 2.26. The number of hydrogen-bond donors (Lipinski definition) is 0. The van der Waals surface area contributed by atoms with Crippen molar-refractivity contribution in [2.45, 2.75) is 45.8 Å². The van der Waals surface area contributed by atoms with Crippen molar-refractivity contribution < 1.29 is 4.74 Å². The number of morpholine rings is 1. The zero-order chi connectivity index (χ0) is 15.4. The third-order valence-corrected chi connectivity index (χ3v) is 4.14. The molecule has 2 heterocycles. The van der Waals surface area contributed by atoms with E-state index in [1.54, 1.807) is 0 Å². The standard InChI is InChI=1S/C17H29N3O/c1-6-13(2)15-7-8-17(16(18-15)12-19(4)5)20-9-10-21-14(3)11-20/h7-8,13-14H,6,9-12H2,1-5H3/t13?,14-/m1/s1. The molecule has 0 aliphatic carbocycles. The van der Waals surface area contributed by atoms with Crippen LogP contribution in [-0.4, -0.2) is 49.8 Å². The molecule has 118 valence electrons. The van der Waals surface area contributed by atoms with Crippen LogP contribution in [0, 0.1) is 0 Å². The number of pyridine rings is 1. The zero-order valence-electron chi connectivity index (χ0n) is 14.1. The summed E-state index contributed by atoms with van der Waals surface area (Å²) in [6.45, 7) is 10.2. The quantitative estimate of drug-likeness (QED) is 0.834. The second-order valence-corrected chi connectivity index (χ2v) is 6.38. The Bertz CT molecular complexity index is 461. The summed E-state index contributed by atoms with van der Waals surface area (Å²) in [4.78, 5) is 9.57. The lowest BCUT2D eigenvalue weighted by atomic mass is 10.0. The van der Waals surface area contributed by atoms with Crippen LogP contribution in [0.25, 0.3) is 0 Å². The van der Waals surface area contributed by atoms with Gasteiger partial charge in [0.25, 0.3) is 0 Å². The Morgan fingerprint density at radius 2 is 2.19 bits per heavy atom. The fraction of sp³-hybridized carbons (Fsp3) is 0.706. The van der Waals surface area contributed by atoms with Crippen LogP contribution in [0.4, 0.5) is 5.69 Å². The van der Waals surface area contributed by atoms with Gasteiger partial charge in [-0.1, -0.05) is 13.8 Å². The van der Waals surface area contributed by atoms with Crippen molar-refractivity contribution in [2.75, 3.05) is 38.7 Å². The van der Waals surface area contributed by atoms with E-state index in [0.717, 1.165) is 32.7 Å². The molecule has 1 aliphatic rings. The first-order chi connectivity index (χ1) is 10.0. The first-order valence-electron chi connectivity index (χ1n) is 8.02. The lowest BCUT2D eigenvalue weighted by Crippen LogP contribution is -2.41. The fourth-order valence-corrected chi connectivity index (χ4v) is 2.74. The van der Waals surface area contributed by atoms with E-state index in [9.17, 15) is 0 Å². The van der Waals surface area contributed by atoms with Crippen LogP contribution in [0.5, 0.6) is 0 Å². The summed E-state index contributed by atoms with van der Waals surface area (Å²) in [5.74, 6) is 0.517. The smallest absolute Gasteiger partial charge is 0.0780 e. The van der Waals surface area contributed by atoms with E-state index in [1.807, 2.05) is 0 Å². The molecule has 4 nitrogen and oxygen atoms in total. The van der Waals surface area contributed by atoms with Crippen molar-refractivity contribution in [1.82, 2.24) is 9.88 Å². The molecular formula is C17H29N3O. The SMILES string of the molecule is CCC(C)c1ccc(N2CCO[C@H](C)C2)c(CN(C)C)n1. The van der Waals surface area contributed by atoms with E-state index in [2.05, 4.69) is 56.8 Å². The molecule has 0 N–H and O–H groups in total. The van der Waals surface area contributed by atoms with Crippen LogP contribution in [0.2, 0.25) is 0 Å². The van der Waals surface area contributed by atoms with Gasteiger partial charge < -0.3 is 14.5 Å². The Morgan fingerprint density at radius 1 is 1.43 bits per heavy atom. The van der Waals surface area contributed by atoms with E-state index in [-0.39, 0.29) is 0 Å². The number of hydrogen-bond acceptors (Lipinski definition) is 4. The van der Waals surface area contributed by atoms with Crippen LogP contribution in [0.15, 0.2) is 12.1 Å². The summed E-state index contributed by atoms with van der Waals surface area (Å²) in [5, 5.41) is 0. The lowest BCUT2D eigenvalue weighted by molar-refractivity contribution is 0.0531. The van der Waals surface area contributed by atoms with Gasteiger partial charge in [0.15, 0.2) is 0 Å². The molecular weight excluding hydrogens is 262 g/mol. The van der Waals surface area contributed by atoms with E-state index < -0.39 is 0 Å². The Kier molecular flexibility index (Phi) is 5.59. The molecule has 1 aromatic rings. The highest BCUT2D eigenvalue weighted by atomic mass is 16.5. The highest BCUT2D eigenvalue weighted by molar-refractivity contribution is 5.52. The van der Waals surface area contributed by atoms with Crippen LogP contribution >= 0.6 is 0 Å². The maximum Gasteiger partial charge on any atom is 0.0780 e. The summed E-state index contributed by atoms with van der Waals surface area (Å²) in [6, 6.07) is 4.45. The van der Waals surface area contributed by atoms with E-state index in [1.165, 1.54) is 17.1 Å². The molecule has 1 fully saturated rings. The summed E-state index contributed by atoms with van der Waals surface area (Å²) < 4.78 is 5.66. The minimum absolute atomic E-state index is 0.292. The topological polar surface area (TPSA) is 28.6 Å². The molecule has 0 bridgehead atoms. The molecule has 0 aromatic carbocycles. The summed E-state index contributed by atoms with van der Waals surface area (Å²) >= 11 is 0. The average Bonchev–Trinajstić information content (AvgIpc) is 2.45. The van der Waals surface area contributed by atoms with Gasteiger partial charge in [-0.25, -0.2) is 0 Å². The van der Waals surface area contributed by atoms with Crippen molar-refractivity contribution in [1.29, 1.82) is 0 Å². The first kappa shape index (κ1) is 16.2. The van der Waals surface area contributed by atoms with E-state index in [4.69, 9.17) is 9.72 Å². The molecule has 0 saturated carbocycles. The number of nitrogens with zero attached hydrogens (tertiary/aromatic N) is 3. The van der Waals surface area contributed by atoms with Gasteiger partial charge in [-0.2, -0.15) is 0 Å². The molecule has 21 heavy (non-hydrogen) atoms. The highest BCUT2D eigenvalue weighted by Gasteiger charge is 2.21. The van der Waals surface area contributed by atoms with Crippen molar-refractivity contribution in [3.63, 3.8) is 0 Å². The van der Waals surface area contributed by atoms with Gasteiger partial charge in [-0.05, 0) is 45.5 Å². The minimum Gasteiger partial charge on any atom is -0.375 e. The number of ether oxygens (including phenoxy) is 1. The molecule has 1 unspecified atom stereocenters. The number of aromatic nitrogens is 1. The third kappa shape index (κ3) is 4.17. The van der Waals surface area contributed by atoms with E-state index >= 15 is 0 Å². The van der Waals surface area contributed by atoms with Gasteiger partial charge in [0.05, 0.1) is 24.1 Å².